The summed E-state index contributed by atoms with van der Waals surface area (Å²) in [5.74, 6) is 0.620. The lowest BCUT2D eigenvalue weighted by atomic mass is 9.98. The zero-order valence-electron chi connectivity index (χ0n) is 18.9. The van der Waals surface area contributed by atoms with Crippen molar-refractivity contribution in [2.45, 2.75) is 51.7 Å². The van der Waals surface area contributed by atoms with Crippen molar-refractivity contribution in [2.24, 2.45) is 0 Å². The minimum absolute atomic E-state index is 0.512. The van der Waals surface area contributed by atoms with Crippen molar-refractivity contribution >= 4 is 17.7 Å². The quantitative estimate of drug-likeness (QED) is 0.349. The topological polar surface area (TPSA) is 74.3 Å². The van der Waals surface area contributed by atoms with Gasteiger partial charge in [0.1, 0.15) is 17.5 Å². The third kappa shape index (κ3) is 5.33. The SMILES string of the molecule is CCCCOc1ccc([C@@H]2[C@@H](C(=O)OC)OC(=O)N2c2ccccc2)c(OCCCC)c1. The molecule has 0 aliphatic carbocycles. The van der Waals surface area contributed by atoms with Gasteiger partial charge in [-0.15, -0.1) is 0 Å². The van der Waals surface area contributed by atoms with Gasteiger partial charge in [0.15, 0.2) is 0 Å². The Hall–Kier alpha value is -3.22. The van der Waals surface area contributed by atoms with Crippen LogP contribution in [-0.2, 0) is 14.3 Å². The minimum Gasteiger partial charge on any atom is -0.493 e. The molecule has 32 heavy (non-hydrogen) atoms. The molecule has 7 heteroatoms. The predicted octanol–water partition coefficient (Wildman–Crippen LogP) is 5.28. The highest BCUT2D eigenvalue weighted by molar-refractivity contribution is 5.96. The van der Waals surface area contributed by atoms with Gasteiger partial charge < -0.3 is 18.9 Å². The molecule has 0 saturated carbocycles. The molecule has 0 radical (unpaired) electrons. The Balaban J connectivity index is 2.03. The van der Waals surface area contributed by atoms with E-state index in [1.54, 1.807) is 12.1 Å². The zero-order chi connectivity index (χ0) is 22.9. The van der Waals surface area contributed by atoms with Crippen LogP contribution in [0.5, 0.6) is 11.5 Å². The number of rotatable bonds is 11. The number of benzene rings is 2. The molecule has 2 aromatic carbocycles. The number of hydrogen-bond acceptors (Lipinski definition) is 6. The summed E-state index contributed by atoms with van der Waals surface area (Å²) in [5, 5.41) is 0. The molecule has 1 aliphatic rings. The number of ether oxygens (including phenoxy) is 4. The first-order valence-electron chi connectivity index (χ1n) is 11.1. The summed E-state index contributed by atoms with van der Waals surface area (Å²) in [6.07, 6.45) is 2.11. The molecule has 1 fully saturated rings. The molecule has 0 aromatic heterocycles. The third-order valence-corrected chi connectivity index (χ3v) is 5.28. The Morgan fingerprint density at radius 3 is 2.34 bits per heavy atom. The molecule has 2 atom stereocenters. The Bertz CT molecular complexity index is 901. The van der Waals surface area contributed by atoms with Crippen LogP contribution in [0.3, 0.4) is 0 Å². The minimum atomic E-state index is -1.12. The van der Waals surface area contributed by atoms with Crippen molar-refractivity contribution in [1.29, 1.82) is 0 Å². The fourth-order valence-corrected chi connectivity index (χ4v) is 3.56. The summed E-state index contributed by atoms with van der Waals surface area (Å²) < 4.78 is 22.3. The summed E-state index contributed by atoms with van der Waals surface area (Å²) in [4.78, 5) is 26.8. The van der Waals surface area contributed by atoms with Crippen molar-refractivity contribution in [1.82, 2.24) is 0 Å². The van der Waals surface area contributed by atoms with E-state index in [1.165, 1.54) is 12.0 Å². The molecule has 7 nitrogen and oxygen atoms in total. The molecular weight excluding hydrogens is 410 g/mol. The lowest BCUT2D eigenvalue weighted by molar-refractivity contribution is -0.149. The highest BCUT2D eigenvalue weighted by atomic mass is 16.6. The number of amides is 1. The van der Waals surface area contributed by atoms with E-state index in [9.17, 15) is 9.59 Å². The molecule has 3 rings (SSSR count). The number of cyclic esters (lactones) is 1. The third-order valence-electron chi connectivity index (χ3n) is 5.28. The van der Waals surface area contributed by atoms with Crippen molar-refractivity contribution in [3.8, 4) is 11.5 Å². The van der Waals surface area contributed by atoms with Crippen LogP contribution < -0.4 is 14.4 Å². The number of unbranched alkanes of at least 4 members (excludes halogenated alkanes) is 2. The maximum Gasteiger partial charge on any atom is 0.415 e. The standard InChI is InChI=1S/C25H31NO6/c1-4-6-15-30-19-13-14-20(21(17-19)31-16-7-5-2)22-23(24(27)29-3)32-25(28)26(22)18-11-9-8-10-12-18/h8-14,17,22-23H,4-7,15-16H2,1-3H3/t22-,23+/m1/s1. The van der Waals surface area contributed by atoms with Crippen LogP contribution in [-0.4, -0.2) is 38.5 Å². The van der Waals surface area contributed by atoms with Gasteiger partial charge >= 0.3 is 12.1 Å². The summed E-state index contributed by atoms with van der Waals surface area (Å²) in [7, 11) is 1.28. The lowest BCUT2D eigenvalue weighted by Crippen LogP contribution is -2.33. The van der Waals surface area contributed by atoms with Gasteiger partial charge in [0.05, 0.1) is 20.3 Å². The van der Waals surface area contributed by atoms with Crippen molar-refractivity contribution < 1.29 is 28.5 Å². The summed E-state index contributed by atoms with van der Waals surface area (Å²) in [5.41, 5.74) is 1.28. The van der Waals surface area contributed by atoms with Crippen molar-refractivity contribution in [3.05, 3.63) is 54.1 Å². The Labute approximate surface area is 189 Å². The van der Waals surface area contributed by atoms with Gasteiger partial charge in [0.2, 0.25) is 6.10 Å². The van der Waals surface area contributed by atoms with Gasteiger partial charge in [-0.25, -0.2) is 9.59 Å². The monoisotopic (exact) mass is 441 g/mol. The summed E-state index contributed by atoms with van der Waals surface area (Å²) in [6, 6.07) is 13.9. The molecule has 2 aromatic rings. The van der Waals surface area contributed by atoms with E-state index in [-0.39, 0.29) is 0 Å². The Kier molecular flexibility index (Phi) is 8.36. The number of hydrogen-bond donors (Lipinski definition) is 0. The molecule has 0 bridgehead atoms. The number of esters is 1. The van der Waals surface area contributed by atoms with Crippen LogP contribution in [0.1, 0.15) is 51.1 Å². The van der Waals surface area contributed by atoms with E-state index in [0.717, 1.165) is 25.7 Å². The van der Waals surface area contributed by atoms with E-state index in [0.29, 0.717) is 36.0 Å². The van der Waals surface area contributed by atoms with Crippen molar-refractivity contribution in [3.63, 3.8) is 0 Å². The molecular formula is C25H31NO6. The molecule has 1 amide bonds. The molecule has 0 unspecified atom stereocenters. The fourth-order valence-electron chi connectivity index (χ4n) is 3.56. The van der Waals surface area contributed by atoms with Crippen LogP contribution in [0, 0.1) is 0 Å². The van der Waals surface area contributed by atoms with Crippen molar-refractivity contribution in [2.75, 3.05) is 25.2 Å². The largest absolute Gasteiger partial charge is 0.493 e. The highest BCUT2D eigenvalue weighted by Crippen LogP contribution is 2.42. The second-order valence-corrected chi connectivity index (χ2v) is 7.58. The number of para-hydroxylation sites is 1. The van der Waals surface area contributed by atoms with E-state index in [4.69, 9.17) is 18.9 Å². The second-order valence-electron chi connectivity index (χ2n) is 7.58. The molecule has 0 N–H and O–H groups in total. The maximum absolute atomic E-state index is 12.8. The first-order valence-corrected chi connectivity index (χ1v) is 11.1. The average Bonchev–Trinajstić information content (AvgIpc) is 3.16. The van der Waals surface area contributed by atoms with Crippen LogP contribution in [0.2, 0.25) is 0 Å². The van der Waals surface area contributed by atoms with Gasteiger partial charge in [-0.2, -0.15) is 0 Å². The van der Waals surface area contributed by atoms with Gasteiger partial charge in [0.25, 0.3) is 0 Å². The molecule has 1 saturated heterocycles. The maximum atomic E-state index is 12.8. The summed E-state index contributed by atoms with van der Waals surface area (Å²) >= 11 is 0. The van der Waals surface area contributed by atoms with E-state index in [2.05, 4.69) is 13.8 Å². The van der Waals surface area contributed by atoms with Crippen LogP contribution >= 0.6 is 0 Å². The van der Waals surface area contributed by atoms with Crippen LogP contribution in [0.4, 0.5) is 10.5 Å². The van der Waals surface area contributed by atoms with E-state index in [1.807, 2.05) is 36.4 Å². The van der Waals surface area contributed by atoms with Gasteiger partial charge in [-0.1, -0.05) is 44.9 Å². The molecule has 172 valence electrons. The molecule has 0 spiro atoms. The van der Waals surface area contributed by atoms with Gasteiger partial charge in [0, 0.05) is 17.3 Å². The first-order chi connectivity index (χ1) is 15.6. The average molecular weight is 442 g/mol. The van der Waals surface area contributed by atoms with Gasteiger partial charge in [-0.3, -0.25) is 4.90 Å². The number of methoxy groups -OCH3 is 1. The fraction of sp³-hybridized carbons (Fsp3) is 0.440. The highest BCUT2D eigenvalue weighted by Gasteiger charge is 2.49. The lowest BCUT2D eigenvalue weighted by Gasteiger charge is -2.26. The smallest absolute Gasteiger partial charge is 0.415 e. The summed E-state index contributed by atoms with van der Waals surface area (Å²) in [6.45, 7) is 5.31. The number of carbonyl (C=O) groups excluding carboxylic acids is 2. The zero-order valence-corrected chi connectivity index (χ0v) is 18.9. The van der Waals surface area contributed by atoms with E-state index < -0.39 is 24.2 Å². The normalized spacial score (nSPS) is 17.7. The first kappa shape index (κ1) is 23.4. The second kappa shape index (κ2) is 11.4. The number of nitrogens with zero attached hydrogens (tertiary/aromatic N) is 1. The molecule has 1 aliphatic heterocycles. The van der Waals surface area contributed by atoms with Crippen LogP contribution in [0.15, 0.2) is 48.5 Å². The Morgan fingerprint density at radius 1 is 1.00 bits per heavy atom. The number of anilines is 1. The van der Waals surface area contributed by atoms with Gasteiger partial charge in [-0.05, 0) is 37.1 Å². The molecule has 1 heterocycles. The van der Waals surface area contributed by atoms with E-state index >= 15 is 0 Å². The van der Waals surface area contributed by atoms with Crippen LogP contribution in [0.25, 0.3) is 0 Å². The number of carbonyl (C=O) groups is 2. The predicted molar refractivity (Wildman–Crippen MR) is 121 cm³/mol. The Morgan fingerprint density at radius 2 is 1.69 bits per heavy atom.